The van der Waals surface area contributed by atoms with E-state index < -0.39 is 6.04 Å². The van der Waals surface area contributed by atoms with E-state index in [0.717, 1.165) is 22.1 Å². The summed E-state index contributed by atoms with van der Waals surface area (Å²) in [5.74, 6) is -0.171. The first kappa shape index (κ1) is 15.1. The number of methoxy groups -OCH3 is 1. The molecule has 1 atom stereocenters. The zero-order chi connectivity index (χ0) is 13.5. The van der Waals surface area contributed by atoms with Gasteiger partial charge < -0.3 is 15.8 Å². The average molecular weight is 315 g/mol. The Morgan fingerprint density at radius 3 is 2.89 bits per heavy atom. The molecule has 5 heteroatoms. The highest BCUT2D eigenvalue weighted by molar-refractivity contribution is 9.10. The summed E-state index contributed by atoms with van der Waals surface area (Å²) in [6.45, 7) is 2.61. The number of benzene rings is 1. The van der Waals surface area contributed by atoms with E-state index >= 15 is 0 Å². The zero-order valence-electron chi connectivity index (χ0n) is 10.7. The number of ether oxygens (including phenoxy) is 1. The van der Waals surface area contributed by atoms with Crippen molar-refractivity contribution in [2.75, 3.05) is 19.0 Å². The monoisotopic (exact) mass is 314 g/mol. The van der Waals surface area contributed by atoms with Gasteiger partial charge in [0, 0.05) is 18.2 Å². The standard InChI is InChI=1S/C13H19BrN2O2/c1-9-5-6-12(10(14)8-9)16-13(17)11(15)4-3-7-18-2/h5-6,8,11H,3-4,7,15H2,1-2H3,(H,16,17). The van der Waals surface area contributed by atoms with Crippen molar-refractivity contribution in [1.82, 2.24) is 0 Å². The number of carbonyl (C=O) groups excluding carboxylic acids is 1. The van der Waals surface area contributed by atoms with E-state index in [0.29, 0.717) is 13.0 Å². The maximum atomic E-state index is 11.8. The fourth-order valence-corrected chi connectivity index (χ4v) is 2.12. The molecule has 0 bridgehead atoms. The van der Waals surface area contributed by atoms with Crippen LogP contribution >= 0.6 is 15.9 Å². The first-order chi connectivity index (χ1) is 8.54. The Morgan fingerprint density at radius 2 is 2.28 bits per heavy atom. The van der Waals surface area contributed by atoms with Gasteiger partial charge in [0.05, 0.1) is 11.7 Å². The van der Waals surface area contributed by atoms with E-state index in [4.69, 9.17) is 10.5 Å². The van der Waals surface area contributed by atoms with Gasteiger partial charge in [0.15, 0.2) is 0 Å². The van der Waals surface area contributed by atoms with Gasteiger partial charge in [-0.25, -0.2) is 0 Å². The maximum absolute atomic E-state index is 11.8. The largest absolute Gasteiger partial charge is 0.385 e. The van der Waals surface area contributed by atoms with Crippen molar-refractivity contribution in [3.05, 3.63) is 28.2 Å². The Bertz CT molecular complexity index is 410. The lowest BCUT2D eigenvalue weighted by atomic mass is 10.1. The molecule has 0 aliphatic rings. The number of rotatable bonds is 6. The number of anilines is 1. The second-order valence-corrected chi connectivity index (χ2v) is 5.07. The van der Waals surface area contributed by atoms with Crippen LogP contribution in [0.25, 0.3) is 0 Å². The Balaban J connectivity index is 2.53. The molecule has 0 aromatic heterocycles. The number of amides is 1. The van der Waals surface area contributed by atoms with Crippen molar-refractivity contribution in [1.29, 1.82) is 0 Å². The number of nitrogens with two attached hydrogens (primary N) is 1. The van der Waals surface area contributed by atoms with Crippen LogP contribution in [-0.2, 0) is 9.53 Å². The van der Waals surface area contributed by atoms with Crippen molar-refractivity contribution in [2.45, 2.75) is 25.8 Å². The van der Waals surface area contributed by atoms with E-state index in [1.165, 1.54) is 0 Å². The molecule has 0 saturated heterocycles. The smallest absolute Gasteiger partial charge is 0.241 e. The Hall–Kier alpha value is -0.910. The fourth-order valence-electron chi connectivity index (χ4n) is 1.53. The normalized spacial score (nSPS) is 12.2. The molecule has 0 spiro atoms. The third-order valence-electron chi connectivity index (χ3n) is 2.58. The summed E-state index contributed by atoms with van der Waals surface area (Å²) in [6, 6.07) is 5.25. The zero-order valence-corrected chi connectivity index (χ0v) is 12.3. The average Bonchev–Trinajstić information content (AvgIpc) is 2.32. The molecule has 1 aromatic carbocycles. The van der Waals surface area contributed by atoms with E-state index in [1.54, 1.807) is 7.11 Å². The third kappa shape index (κ3) is 4.76. The van der Waals surface area contributed by atoms with Crippen LogP contribution in [0.3, 0.4) is 0 Å². The number of halogens is 1. The molecular formula is C13H19BrN2O2. The van der Waals surface area contributed by atoms with Crippen LogP contribution in [0, 0.1) is 6.92 Å². The minimum atomic E-state index is -0.506. The lowest BCUT2D eigenvalue weighted by Crippen LogP contribution is -2.35. The summed E-state index contributed by atoms with van der Waals surface area (Å²) in [4.78, 5) is 11.8. The van der Waals surface area contributed by atoms with Crippen molar-refractivity contribution < 1.29 is 9.53 Å². The Kier molecular flexibility index (Phi) is 6.32. The second kappa shape index (κ2) is 7.51. The lowest BCUT2D eigenvalue weighted by molar-refractivity contribution is -0.117. The molecule has 4 nitrogen and oxygen atoms in total. The predicted molar refractivity (Wildman–Crippen MR) is 76.6 cm³/mol. The van der Waals surface area contributed by atoms with E-state index in [1.807, 2.05) is 25.1 Å². The third-order valence-corrected chi connectivity index (χ3v) is 3.24. The van der Waals surface area contributed by atoms with Crippen LogP contribution in [0.4, 0.5) is 5.69 Å². The molecule has 18 heavy (non-hydrogen) atoms. The van der Waals surface area contributed by atoms with Gasteiger partial charge in [-0.3, -0.25) is 4.79 Å². The van der Waals surface area contributed by atoms with Crippen LogP contribution in [-0.4, -0.2) is 25.7 Å². The predicted octanol–water partition coefficient (Wildman–Crippen LogP) is 2.45. The van der Waals surface area contributed by atoms with Crippen molar-refractivity contribution in [2.24, 2.45) is 5.73 Å². The maximum Gasteiger partial charge on any atom is 0.241 e. The molecule has 1 rings (SSSR count). The van der Waals surface area contributed by atoms with Crippen molar-refractivity contribution in [3.63, 3.8) is 0 Å². The SMILES string of the molecule is COCCCC(N)C(=O)Nc1ccc(C)cc1Br. The van der Waals surface area contributed by atoms with Crippen molar-refractivity contribution in [3.8, 4) is 0 Å². The van der Waals surface area contributed by atoms with Gasteiger partial charge in [-0.05, 0) is 53.4 Å². The summed E-state index contributed by atoms with van der Waals surface area (Å²) in [6.07, 6.45) is 1.39. The summed E-state index contributed by atoms with van der Waals surface area (Å²) >= 11 is 3.41. The van der Waals surface area contributed by atoms with Crippen LogP contribution in [0.1, 0.15) is 18.4 Å². The Labute approximate surface area is 116 Å². The molecule has 1 aromatic rings. The molecule has 1 amide bonds. The highest BCUT2D eigenvalue weighted by Crippen LogP contribution is 2.23. The summed E-state index contributed by atoms with van der Waals surface area (Å²) in [5, 5.41) is 2.81. The van der Waals surface area contributed by atoms with Crippen molar-refractivity contribution >= 4 is 27.5 Å². The first-order valence-electron chi connectivity index (χ1n) is 5.86. The molecule has 0 aliphatic heterocycles. The van der Waals surface area contributed by atoms with E-state index in [9.17, 15) is 4.79 Å². The number of hydrogen-bond acceptors (Lipinski definition) is 3. The quantitative estimate of drug-likeness (QED) is 0.793. The summed E-state index contributed by atoms with van der Waals surface area (Å²) in [7, 11) is 1.63. The Morgan fingerprint density at radius 1 is 1.56 bits per heavy atom. The molecular weight excluding hydrogens is 296 g/mol. The summed E-state index contributed by atoms with van der Waals surface area (Å²) in [5.41, 5.74) is 7.68. The fraction of sp³-hybridized carbons (Fsp3) is 0.462. The molecule has 1 unspecified atom stereocenters. The number of aryl methyl sites for hydroxylation is 1. The van der Waals surface area contributed by atoms with Gasteiger partial charge in [-0.2, -0.15) is 0 Å². The topological polar surface area (TPSA) is 64.3 Å². The minimum absolute atomic E-state index is 0.171. The van der Waals surface area contributed by atoms with Gasteiger partial charge >= 0.3 is 0 Å². The second-order valence-electron chi connectivity index (χ2n) is 4.21. The molecule has 0 aliphatic carbocycles. The molecule has 100 valence electrons. The van der Waals surface area contributed by atoms with Gasteiger partial charge in [0.2, 0.25) is 5.91 Å². The first-order valence-corrected chi connectivity index (χ1v) is 6.65. The highest BCUT2D eigenvalue weighted by atomic mass is 79.9. The molecule has 0 fully saturated rings. The number of nitrogens with one attached hydrogen (secondary N) is 1. The number of carbonyl (C=O) groups is 1. The molecule has 3 N–H and O–H groups in total. The summed E-state index contributed by atoms with van der Waals surface area (Å²) < 4.78 is 5.79. The molecule has 0 heterocycles. The van der Waals surface area contributed by atoms with Crippen LogP contribution in [0.2, 0.25) is 0 Å². The molecule has 0 saturated carbocycles. The van der Waals surface area contributed by atoms with Crippen LogP contribution in [0.5, 0.6) is 0 Å². The van der Waals surface area contributed by atoms with Gasteiger partial charge in [-0.15, -0.1) is 0 Å². The van der Waals surface area contributed by atoms with Gasteiger partial charge in [-0.1, -0.05) is 6.07 Å². The van der Waals surface area contributed by atoms with E-state index in [2.05, 4.69) is 21.2 Å². The number of hydrogen-bond donors (Lipinski definition) is 2. The highest BCUT2D eigenvalue weighted by Gasteiger charge is 2.14. The van der Waals surface area contributed by atoms with E-state index in [-0.39, 0.29) is 5.91 Å². The van der Waals surface area contributed by atoms with Crippen LogP contribution < -0.4 is 11.1 Å². The lowest BCUT2D eigenvalue weighted by Gasteiger charge is -2.13. The molecule has 0 radical (unpaired) electrons. The van der Waals surface area contributed by atoms with Gasteiger partial charge in [0.25, 0.3) is 0 Å². The van der Waals surface area contributed by atoms with Crippen LogP contribution in [0.15, 0.2) is 22.7 Å². The minimum Gasteiger partial charge on any atom is -0.385 e. The van der Waals surface area contributed by atoms with Gasteiger partial charge in [0.1, 0.15) is 0 Å².